The molecule has 5 heteroatoms. The predicted molar refractivity (Wildman–Crippen MR) is 107 cm³/mol. The maximum Gasteiger partial charge on any atom is 0.254 e. The zero-order valence-corrected chi connectivity index (χ0v) is 17.0. The van der Waals surface area contributed by atoms with Gasteiger partial charge in [-0.1, -0.05) is 17.7 Å². The van der Waals surface area contributed by atoms with Crippen molar-refractivity contribution in [3.8, 4) is 0 Å². The highest BCUT2D eigenvalue weighted by Gasteiger charge is 2.26. The summed E-state index contributed by atoms with van der Waals surface area (Å²) >= 11 is 0. The van der Waals surface area contributed by atoms with Crippen LogP contribution >= 0.6 is 0 Å². The third-order valence-corrected chi connectivity index (χ3v) is 5.76. The van der Waals surface area contributed by atoms with E-state index in [2.05, 4.69) is 24.5 Å². The van der Waals surface area contributed by atoms with E-state index in [1.54, 1.807) is 0 Å². The number of benzene rings is 1. The molecule has 2 heterocycles. The fourth-order valence-corrected chi connectivity index (χ4v) is 3.68. The third kappa shape index (κ3) is 3.92. The third-order valence-electron chi connectivity index (χ3n) is 5.76. The lowest BCUT2D eigenvalue weighted by molar-refractivity contribution is -0.131. The van der Waals surface area contributed by atoms with Crippen molar-refractivity contribution in [2.24, 2.45) is 7.05 Å². The first-order chi connectivity index (χ1) is 12.8. The van der Waals surface area contributed by atoms with Crippen LogP contribution in [-0.4, -0.2) is 52.4 Å². The summed E-state index contributed by atoms with van der Waals surface area (Å²) in [5.41, 5.74) is 6.26. The normalized spacial score (nSPS) is 14.6. The van der Waals surface area contributed by atoms with Crippen molar-refractivity contribution in [1.82, 2.24) is 14.4 Å². The van der Waals surface area contributed by atoms with E-state index in [-0.39, 0.29) is 11.8 Å². The molecule has 1 aliphatic heterocycles. The van der Waals surface area contributed by atoms with Crippen LogP contribution in [0, 0.1) is 27.7 Å². The summed E-state index contributed by atoms with van der Waals surface area (Å²) in [4.78, 5) is 29.3. The molecular weight excluding hydrogens is 338 g/mol. The van der Waals surface area contributed by atoms with Crippen LogP contribution in [0.5, 0.6) is 0 Å². The Morgan fingerprint density at radius 3 is 2.15 bits per heavy atom. The molecule has 27 heavy (non-hydrogen) atoms. The van der Waals surface area contributed by atoms with Gasteiger partial charge in [0.25, 0.3) is 5.91 Å². The summed E-state index contributed by atoms with van der Waals surface area (Å²) in [6.07, 6.45) is 0.429. The maximum absolute atomic E-state index is 12.8. The lowest BCUT2D eigenvalue weighted by Crippen LogP contribution is -2.51. The van der Waals surface area contributed by atoms with Gasteiger partial charge in [-0.25, -0.2) is 0 Å². The van der Waals surface area contributed by atoms with Gasteiger partial charge in [0.15, 0.2) is 0 Å². The zero-order chi connectivity index (χ0) is 19.7. The van der Waals surface area contributed by atoms with Crippen LogP contribution < -0.4 is 0 Å². The van der Waals surface area contributed by atoms with Crippen molar-refractivity contribution in [2.75, 3.05) is 26.2 Å². The average molecular weight is 367 g/mol. The Labute approximate surface area is 161 Å². The van der Waals surface area contributed by atoms with Crippen LogP contribution in [0.3, 0.4) is 0 Å². The van der Waals surface area contributed by atoms with E-state index < -0.39 is 0 Å². The number of rotatable bonds is 3. The molecular formula is C22H29N3O2. The Morgan fingerprint density at radius 1 is 0.926 bits per heavy atom. The van der Waals surface area contributed by atoms with E-state index in [1.165, 1.54) is 5.69 Å². The molecule has 2 aromatic rings. The van der Waals surface area contributed by atoms with Crippen molar-refractivity contribution in [3.63, 3.8) is 0 Å². The van der Waals surface area contributed by atoms with Gasteiger partial charge in [0, 0.05) is 50.2 Å². The summed E-state index contributed by atoms with van der Waals surface area (Å²) in [5.74, 6) is 0.209. The highest BCUT2D eigenvalue weighted by Crippen LogP contribution is 2.17. The first-order valence-corrected chi connectivity index (χ1v) is 9.54. The second-order valence-electron chi connectivity index (χ2n) is 7.62. The second-order valence-corrected chi connectivity index (χ2v) is 7.62. The van der Waals surface area contributed by atoms with Gasteiger partial charge in [-0.2, -0.15) is 0 Å². The van der Waals surface area contributed by atoms with E-state index in [0.717, 1.165) is 27.9 Å². The maximum atomic E-state index is 12.8. The molecule has 0 saturated carbocycles. The van der Waals surface area contributed by atoms with Crippen LogP contribution in [0.15, 0.2) is 24.3 Å². The van der Waals surface area contributed by atoms with Crippen molar-refractivity contribution in [3.05, 3.63) is 57.9 Å². The summed E-state index contributed by atoms with van der Waals surface area (Å²) in [6, 6.07) is 8.06. The van der Waals surface area contributed by atoms with Crippen molar-refractivity contribution in [1.29, 1.82) is 0 Å². The molecule has 1 fully saturated rings. The minimum absolute atomic E-state index is 0.0674. The summed E-state index contributed by atoms with van der Waals surface area (Å²) in [6.45, 7) is 10.4. The molecule has 0 spiro atoms. The zero-order valence-electron chi connectivity index (χ0n) is 17.0. The summed E-state index contributed by atoms with van der Waals surface area (Å²) in [7, 11) is 2.02. The minimum Gasteiger partial charge on any atom is -0.352 e. The number of aromatic nitrogens is 1. The monoisotopic (exact) mass is 367 g/mol. The molecule has 0 atom stereocenters. The molecule has 2 amide bonds. The number of nitrogens with zero attached hydrogens (tertiary/aromatic N) is 3. The molecule has 144 valence electrons. The second kappa shape index (κ2) is 7.59. The Bertz CT molecular complexity index is 874. The molecule has 1 aromatic heterocycles. The fraction of sp³-hybridized carbons (Fsp3) is 0.455. The number of amides is 2. The largest absolute Gasteiger partial charge is 0.352 e. The Morgan fingerprint density at radius 2 is 1.56 bits per heavy atom. The number of carbonyl (C=O) groups is 2. The highest BCUT2D eigenvalue weighted by atomic mass is 16.2. The molecule has 1 aromatic carbocycles. The van der Waals surface area contributed by atoms with Crippen molar-refractivity contribution >= 4 is 11.8 Å². The molecule has 0 unspecified atom stereocenters. The minimum atomic E-state index is 0.0674. The molecule has 0 bridgehead atoms. The van der Waals surface area contributed by atoms with Gasteiger partial charge in [-0.15, -0.1) is 0 Å². The highest BCUT2D eigenvalue weighted by molar-refractivity contribution is 5.96. The molecule has 1 saturated heterocycles. The van der Waals surface area contributed by atoms with Crippen LogP contribution in [0.4, 0.5) is 0 Å². The smallest absolute Gasteiger partial charge is 0.254 e. The van der Waals surface area contributed by atoms with Crippen molar-refractivity contribution in [2.45, 2.75) is 34.1 Å². The first kappa shape index (κ1) is 19.2. The molecule has 5 nitrogen and oxygen atoms in total. The lowest BCUT2D eigenvalue weighted by atomic mass is 10.0. The van der Waals surface area contributed by atoms with Gasteiger partial charge in [-0.3, -0.25) is 9.59 Å². The van der Waals surface area contributed by atoms with E-state index in [1.807, 2.05) is 48.9 Å². The lowest BCUT2D eigenvalue weighted by Gasteiger charge is -2.35. The topological polar surface area (TPSA) is 45.6 Å². The SMILES string of the molecule is Cc1ccc(C)c(C(=O)N2CCN(C(=O)Cc3cc(C)n(C)c3C)CC2)c1. The number of hydrogen-bond acceptors (Lipinski definition) is 2. The number of hydrogen-bond donors (Lipinski definition) is 0. The molecule has 0 aliphatic carbocycles. The predicted octanol–water partition coefficient (Wildman–Crippen LogP) is 2.79. The number of aryl methyl sites for hydroxylation is 3. The Balaban J connectivity index is 1.61. The molecule has 1 aliphatic rings. The standard InChI is InChI=1S/C22H29N3O2/c1-15-6-7-16(2)20(12-15)22(27)25-10-8-24(9-11-25)21(26)14-19-13-17(3)23(5)18(19)4/h6-7,12-13H,8-11,14H2,1-5H3. The van der Waals surface area contributed by atoms with E-state index in [9.17, 15) is 9.59 Å². The van der Waals surface area contributed by atoms with Gasteiger partial charge in [-0.05, 0) is 51.0 Å². The van der Waals surface area contributed by atoms with E-state index in [4.69, 9.17) is 0 Å². The quantitative estimate of drug-likeness (QED) is 0.837. The van der Waals surface area contributed by atoms with Gasteiger partial charge in [0.1, 0.15) is 0 Å². The van der Waals surface area contributed by atoms with E-state index >= 15 is 0 Å². The molecule has 0 radical (unpaired) electrons. The van der Waals surface area contributed by atoms with E-state index in [0.29, 0.717) is 32.6 Å². The Kier molecular flexibility index (Phi) is 5.40. The molecule has 0 N–H and O–H groups in total. The van der Waals surface area contributed by atoms with Gasteiger partial charge < -0.3 is 14.4 Å². The van der Waals surface area contributed by atoms with Gasteiger partial charge >= 0.3 is 0 Å². The average Bonchev–Trinajstić information content (AvgIpc) is 2.90. The van der Waals surface area contributed by atoms with Gasteiger partial charge in [0.05, 0.1) is 6.42 Å². The number of piperazine rings is 1. The van der Waals surface area contributed by atoms with Crippen LogP contribution in [-0.2, 0) is 18.3 Å². The first-order valence-electron chi connectivity index (χ1n) is 9.54. The van der Waals surface area contributed by atoms with Crippen LogP contribution in [0.2, 0.25) is 0 Å². The van der Waals surface area contributed by atoms with Gasteiger partial charge in [0.2, 0.25) is 5.91 Å². The Hall–Kier alpha value is -2.56. The van der Waals surface area contributed by atoms with Crippen LogP contribution in [0.1, 0.15) is 38.4 Å². The van der Waals surface area contributed by atoms with Crippen LogP contribution in [0.25, 0.3) is 0 Å². The number of carbonyl (C=O) groups excluding carboxylic acids is 2. The molecule has 3 rings (SSSR count). The summed E-state index contributed by atoms with van der Waals surface area (Å²) in [5, 5.41) is 0. The summed E-state index contributed by atoms with van der Waals surface area (Å²) < 4.78 is 2.11. The fourth-order valence-electron chi connectivity index (χ4n) is 3.68. The van der Waals surface area contributed by atoms with Crippen molar-refractivity contribution < 1.29 is 9.59 Å².